The van der Waals surface area contributed by atoms with Gasteiger partial charge in [0, 0.05) is 17.7 Å². The van der Waals surface area contributed by atoms with Gasteiger partial charge in [0.1, 0.15) is 23.5 Å². The van der Waals surface area contributed by atoms with E-state index in [1.54, 1.807) is 6.07 Å². The smallest absolute Gasteiger partial charge is 0.333 e. The summed E-state index contributed by atoms with van der Waals surface area (Å²) in [7, 11) is 0. The Hall–Kier alpha value is -3.76. The van der Waals surface area contributed by atoms with Crippen LogP contribution in [-0.2, 0) is 11.2 Å². The molecule has 0 saturated heterocycles. The molecule has 0 aliphatic heterocycles. The summed E-state index contributed by atoms with van der Waals surface area (Å²) in [5, 5.41) is 6.30. The molecule has 1 aliphatic carbocycles. The molecule has 1 aromatic carbocycles. The van der Waals surface area contributed by atoms with Crippen LogP contribution in [0.1, 0.15) is 49.5 Å². The molecule has 3 aromatic heterocycles. The van der Waals surface area contributed by atoms with E-state index in [1.165, 1.54) is 24.7 Å². The lowest BCUT2D eigenvalue weighted by Gasteiger charge is -2.07. The maximum atomic E-state index is 14.2. The molecule has 1 amide bonds. The van der Waals surface area contributed by atoms with Crippen LogP contribution in [0.4, 0.5) is 19.0 Å². The average Bonchev–Trinajstić information content (AvgIpc) is 3.53. The number of anilines is 1. The zero-order chi connectivity index (χ0) is 22.9. The zero-order valence-corrected chi connectivity index (χ0v) is 17.4. The standard InChI is InChI=1S/C22H20F3N7O/c23-16-6-12(5-14(8-16)15-9-28-32(10-15)22(24)25)7-17(33)29-20-18-21(27-11-26-20)31-19(30-18)13-3-1-2-4-13/h5-6,8-11,13,22H,1-4,7H2,(H2,26,27,29,30,31,33). The van der Waals surface area contributed by atoms with Gasteiger partial charge in [-0.2, -0.15) is 13.9 Å². The highest BCUT2D eigenvalue weighted by atomic mass is 19.3. The van der Waals surface area contributed by atoms with Crippen LogP contribution >= 0.6 is 0 Å². The predicted molar refractivity (Wildman–Crippen MR) is 114 cm³/mol. The van der Waals surface area contributed by atoms with Gasteiger partial charge < -0.3 is 10.3 Å². The highest BCUT2D eigenvalue weighted by Crippen LogP contribution is 2.33. The van der Waals surface area contributed by atoms with Crippen molar-refractivity contribution in [3.8, 4) is 11.1 Å². The molecule has 5 rings (SSSR count). The average molecular weight is 455 g/mol. The molecule has 4 aromatic rings. The maximum Gasteiger partial charge on any atom is 0.333 e. The molecule has 0 unspecified atom stereocenters. The third-order valence-corrected chi connectivity index (χ3v) is 5.76. The molecular weight excluding hydrogens is 435 g/mol. The number of rotatable bonds is 6. The van der Waals surface area contributed by atoms with Crippen LogP contribution in [0.3, 0.4) is 0 Å². The van der Waals surface area contributed by atoms with Crippen LogP contribution in [0, 0.1) is 5.82 Å². The predicted octanol–water partition coefficient (Wildman–Crippen LogP) is 4.59. The monoisotopic (exact) mass is 455 g/mol. The number of H-pyrrole nitrogens is 1. The normalized spacial score (nSPS) is 14.4. The number of fused-ring (bicyclic) bond motifs is 1. The third kappa shape index (κ3) is 4.43. The highest BCUT2D eigenvalue weighted by molar-refractivity contribution is 5.97. The van der Waals surface area contributed by atoms with E-state index in [0.717, 1.165) is 37.7 Å². The Morgan fingerprint density at radius 1 is 1.18 bits per heavy atom. The number of aromatic nitrogens is 6. The van der Waals surface area contributed by atoms with Gasteiger partial charge in [-0.25, -0.2) is 24.0 Å². The fourth-order valence-electron chi connectivity index (χ4n) is 4.21. The summed E-state index contributed by atoms with van der Waals surface area (Å²) in [6, 6.07) is 4.00. The van der Waals surface area contributed by atoms with Crippen LogP contribution in [-0.4, -0.2) is 35.6 Å². The molecule has 8 nitrogen and oxygen atoms in total. The summed E-state index contributed by atoms with van der Waals surface area (Å²) < 4.78 is 40.2. The molecule has 2 N–H and O–H groups in total. The first-order valence-corrected chi connectivity index (χ1v) is 10.6. The quantitative estimate of drug-likeness (QED) is 0.443. The van der Waals surface area contributed by atoms with Crippen molar-refractivity contribution < 1.29 is 18.0 Å². The van der Waals surface area contributed by atoms with Crippen LogP contribution in [0.5, 0.6) is 0 Å². The van der Waals surface area contributed by atoms with Crippen molar-refractivity contribution >= 4 is 22.9 Å². The Labute approximate surface area is 186 Å². The minimum atomic E-state index is -2.79. The lowest BCUT2D eigenvalue weighted by Crippen LogP contribution is -2.16. The van der Waals surface area contributed by atoms with E-state index in [2.05, 4.69) is 30.4 Å². The first kappa shape index (κ1) is 21.1. The first-order chi connectivity index (χ1) is 16.0. The number of amides is 1. The number of nitrogens with zero attached hydrogens (tertiary/aromatic N) is 5. The zero-order valence-electron chi connectivity index (χ0n) is 17.4. The second-order valence-electron chi connectivity index (χ2n) is 8.08. The van der Waals surface area contributed by atoms with Gasteiger partial charge in [0.15, 0.2) is 11.5 Å². The van der Waals surface area contributed by atoms with Crippen LogP contribution < -0.4 is 5.32 Å². The lowest BCUT2D eigenvalue weighted by molar-refractivity contribution is -0.115. The van der Waals surface area contributed by atoms with E-state index in [9.17, 15) is 18.0 Å². The SMILES string of the molecule is O=C(Cc1cc(F)cc(-c2cnn(C(F)F)c2)c1)Nc1ncnc2nc(C3CCCC3)[nH]c12. The number of benzene rings is 1. The van der Waals surface area contributed by atoms with Gasteiger partial charge in [0.2, 0.25) is 5.91 Å². The van der Waals surface area contributed by atoms with Gasteiger partial charge in [-0.3, -0.25) is 4.79 Å². The second kappa shape index (κ2) is 8.64. The molecule has 170 valence electrons. The Morgan fingerprint density at radius 2 is 2.00 bits per heavy atom. The van der Waals surface area contributed by atoms with Gasteiger partial charge in [-0.1, -0.05) is 18.9 Å². The number of halogens is 3. The second-order valence-corrected chi connectivity index (χ2v) is 8.08. The van der Waals surface area contributed by atoms with Crippen molar-refractivity contribution in [2.75, 3.05) is 5.32 Å². The Balaban J connectivity index is 1.35. The minimum absolute atomic E-state index is 0.136. The Bertz CT molecular complexity index is 1310. The summed E-state index contributed by atoms with van der Waals surface area (Å²) in [5.41, 5.74) is 2.09. The van der Waals surface area contributed by atoms with E-state index in [4.69, 9.17) is 0 Å². The van der Waals surface area contributed by atoms with E-state index in [1.807, 2.05) is 0 Å². The maximum absolute atomic E-state index is 14.2. The third-order valence-electron chi connectivity index (χ3n) is 5.76. The molecule has 11 heteroatoms. The number of carbonyl (C=O) groups excluding carboxylic acids is 1. The molecule has 3 heterocycles. The summed E-state index contributed by atoms with van der Waals surface area (Å²) in [6.45, 7) is -2.79. The summed E-state index contributed by atoms with van der Waals surface area (Å²) >= 11 is 0. The van der Waals surface area contributed by atoms with Crippen molar-refractivity contribution in [3.63, 3.8) is 0 Å². The summed E-state index contributed by atoms with van der Waals surface area (Å²) in [6.07, 6.45) is 8.00. The van der Waals surface area contributed by atoms with E-state index >= 15 is 0 Å². The van der Waals surface area contributed by atoms with Crippen molar-refractivity contribution in [2.24, 2.45) is 0 Å². The molecule has 1 aliphatic rings. The molecule has 1 fully saturated rings. The Kier molecular flexibility index (Phi) is 5.53. The van der Waals surface area contributed by atoms with E-state index < -0.39 is 18.3 Å². The minimum Gasteiger partial charge on any atom is -0.337 e. The number of aromatic amines is 1. The van der Waals surface area contributed by atoms with Crippen LogP contribution in [0.2, 0.25) is 0 Å². The van der Waals surface area contributed by atoms with E-state index in [-0.39, 0.29) is 6.42 Å². The van der Waals surface area contributed by atoms with Crippen molar-refractivity contribution in [2.45, 2.75) is 44.6 Å². The Morgan fingerprint density at radius 3 is 2.76 bits per heavy atom. The number of alkyl halides is 2. The molecule has 0 atom stereocenters. The number of imidazole rings is 1. The largest absolute Gasteiger partial charge is 0.337 e. The number of hydrogen-bond donors (Lipinski definition) is 2. The lowest BCUT2D eigenvalue weighted by atomic mass is 10.0. The van der Waals surface area contributed by atoms with Gasteiger partial charge in [0.05, 0.1) is 12.6 Å². The molecule has 0 spiro atoms. The molecule has 0 bridgehead atoms. The molecule has 0 radical (unpaired) electrons. The van der Waals surface area contributed by atoms with E-state index in [0.29, 0.717) is 44.3 Å². The number of carbonyl (C=O) groups is 1. The molecule has 33 heavy (non-hydrogen) atoms. The van der Waals surface area contributed by atoms with Gasteiger partial charge in [-0.05, 0) is 36.1 Å². The van der Waals surface area contributed by atoms with Gasteiger partial charge in [-0.15, -0.1) is 0 Å². The van der Waals surface area contributed by atoms with Gasteiger partial charge in [0.25, 0.3) is 0 Å². The number of nitrogens with one attached hydrogen (secondary N) is 2. The number of hydrogen-bond acceptors (Lipinski definition) is 5. The summed E-state index contributed by atoms with van der Waals surface area (Å²) in [5.74, 6) is 0.503. The summed E-state index contributed by atoms with van der Waals surface area (Å²) in [4.78, 5) is 28.8. The van der Waals surface area contributed by atoms with Crippen LogP contribution in [0.25, 0.3) is 22.3 Å². The van der Waals surface area contributed by atoms with Crippen molar-refractivity contribution in [1.82, 2.24) is 29.7 Å². The fourth-order valence-corrected chi connectivity index (χ4v) is 4.21. The highest BCUT2D eigenvalue weighted by Gasteiger charge is 2.22. The first-order valence-electron chi connectivity index (χ1n) is 10.6. The van der Waals surface area contributed by atoms with Gasteiger partial charge >= 0.3 is 6.55 Å². The fraction of sp³-hybridized carbons (Fsp3) is 0.318. The topological polar surface area (TPSA) is 101 Å². The van der Waals surface area contributed by atoms with Crippen LogP contribution in [0.15, 0.2) is 36.9 Å². The van der Waals surface area contributed by atoms with Crippen molar-refractivity contribution in [1.29, 1.82) is 0 Å². The molecule has 1 saturated carbocycles. The molecular formula is C22H20F3N7O. The van der Waals surface area contributed by atoms with Crippen molar-refractivity contribution in [3.05, 3.63) is 54.1 Å².